The van der Waals surface area contributed by atoms with Gasteiger partial charge in [0, 0.05) is 10.9 Å². The number of rotatable bonds is 3. The maximum absolute atomic E-state index is 6.15. The molecule has 0 aliphatic rings. The average Bonchev–Trinajstić information content (AvgIpc) is 2.65. The van der Waals surface area contributed by atoms with Crippen LogP contribution in [0.1, 0.15) is 63.0 Å². The highest BCUT2D eigenvalue weighted by atomic mass is 16.3. The fourth-order valence-corrected chi connectivity index (χ4v) is 2.55. The molecule has 1 aromatic carbocycles. The van der Waals surface area contributed by atoms with Crippen molar-refractivity contribution in [1.29, 1.82) is 0 Å². The van der Waals surface area contributed by atoms with E-state index in [2.05, 4.69) is 65.9 Å². The second kappa shape index (κ2) is 5.25. The molecular formula is C18H27NO. The Morgan fingerprint density at radius 2 is 1.80 bits per heavy atom. The number of nitrogens with one attached hydrogen (secondary N) is 1. The lowest BCUT2D eigenvalue weighted by Gasteiger charge is -2.19. The Labute approximate surface area is 122 Å². The molecule has 0 saturated carbocycles. The number of benzene rings is 1. The summed E-state index contributed by atoms with van der Waals surface area (Å²) >= 11 is 0. The minimum atomic E-state index is 0.0985. The van der Waals surface area contributed by atoms with Gasteiger partial charge >= 0.3 is 0 Å². The lowest BCUT2D eigenvalue weighted by Crippen LogP contribution is -2.35. The Kier molecular flexibility index (Phi) is 3.97. The van der Waals surface area contributed by atoms with Crippen LogP contribution in [0.25, 0.3) is 11.0 Å². The normalized spacial score (nSPS) is 12.6. The van der Waals surface area contributed by atoms with E-state index in [1.165, 1.54) is 22.1 Å². The van der Waals surface area contributed by atoms with E-state index in [1.54, 1.807) is 0 Å². The first-order valence-corrected chi connectivity index (χ1v) is 7.47. The van der Waals surface area contributed by atoms with E-state index in [1.807, 2.05) is 0 Å². The predicted octanol–water partition coefficient (Wildman–Crippen LogP) is 5.06. The van der Waals surface area contributed by atoms with Gasteiger partial charge in [0.1, 0.15) is 11.3 Å². The lowest BCUT2D eigenvalue weighted by atomic mass is 9.95. The number of furan rings is 1. The molecule has 0 amide bonds. The summed E-state index contributed by atoms with van der Waals surface area (Å²) < 4.78 is 6.15. The van der Waals surface area contributed by atoms with Crippen LogP contribution in [-0.2, 0) is 6.54 Å². The third kappa shape index (κ3) is 2.90. The monoisotopic (exact) mass is 273 g/mol. The fraction of sp³-hybridized carbons (Fsp3) is 0.556. The van der Waals surface area contributed by atoms with E-state index in [4.69, 9.17) is 4.42 Å². The Morgan fingerprint density at radius 1 is 1.15 bits per heavy atom. The zero-order valence-electron chi connectivity index (χ0n) is 13.8. The van der Waals surface area contributed by atoms with Gasteiger partial charge in [-0.2, -0.15) is 0 Å². The van der Waals surface area contributed by atoms with Crippen molar-refractivity contribution in [3.8, 4) is 0 Å². The molecule has 1 heterocycles. The van der Waals surface area contributed by atoms with Crippen LogP contribution < -0.4 is 5.32 Å². The average molecular weight is 273 g/mol. The van der Waals surface area contributed by atoms with Crippen molar-refractivity contribution in [3.63, 3.8) is 0 Å². The molecule has 2 heteroatoms. The number of aryl methyl sites for hydroxylation is 2. The van der Waals surface area contributed by atoms with Crippen LogP contribution in [0.3, 0.4) is 0 Å². The second-order valence-corrected chi connectivity index (χ2v) is 7.08. The van der Waals surface area contributed by atoms with E-state index < -0.39 is 0 Å². The third-order valence-electron chi connectivity index (χ3n) is 3.81. The van der Waals surface area contributed by atoms with Crippen molar-refractivity contribution in [2.75, 3.05) is 0 Å². The zero-order chi connectivity index (χ0) is 15.1. The Hall–Kier alpha value is -1.28. The Morgan fingerprint density at radius 3 is 2.35 bits per heavy atom. The molecule has 0 saturated heterocycles. The minimum Gasteiger partial charge on any atom is -0.459 e. The highest BCUT2D eigenvalue weighted by molar-refractivity contribution is 5.88. The van der Waals surface area contributed by atoms with E-state index in [0.29, 0.717) is 5.92 Å². The standard InChI is InChI=1S/C18H27NO/c1-11(2)14-9-8-12(3)17-16(14)13(4)15(20-17)10-19-18(5,6)7/h8-9,11,19H,10H2,1-7H3. The van der Waals surface area contributed by atoms with Gasteiger partial charge in [-0.25, -0.2) is 0 Å². The van der Waals surface area contributed by atoms with E-state index in [0.717, 1.165) is 17.9 Å². The summed E-state index contributed by atoms with van der Waals surface area (Å²) in [6.45, 7) is 16.1. The van der Waals surface area contributed by atoms with Gasteiger partial charge in [0.25, 0.3) is 0 Å². The van der Waals surface area contributed by atoms with Gasteiger partial charge in [-0.3, -0.25) is 0 Å². The third-order valence-corrected chi connectivity index (χ3v) is 3.81. The predicted molar refractivity (Wildman–Crippen MR) is 86.4 cm³/mol. The molecule has 1 aromatic heterocycles. The van der Waals surface area contributed by atoms with Crippen LogP contribution in [-0.4, -0.2) is 5.54 Å². The van der Waals surface area contributed by atoms with Crippen molar-refractivity contribution in [3.05, 3.63) is 34.6 Å². The molecule has 2 rings (SSSR count). The van der Waals surface area contributed by atoms with Gasteiger partial charge in [0.15, 0.2) is 0 Å². The molecule has 0 aliphatic heterocycles. The van der Waals surface area contributed by atoms with Gasteiger partial charge in [-0.1, -0.05) is 26.0 Å². The number of hydrogen-bond donors (Lipinski definition) is 1. The number of fused-ring (bicyclic) bond motifs is 1. The van der Waals surface area contributed by atoms with Gasteiger partial charge in [-0.05, 0) is 57.2 Å². The summed E-state index contributed by atoms with van der Waals surface area (Å²) in [6.07, 6.45) is 0. The van der Waals surface area contributed by atoms with Crippen LogP contribution in [0.2, 0.25) is 0 Å². The highest BCUT2D eigenvalue weighted by Gasteiger charge is 2.18. The fourth-order valence-electron chi connectivity index (χ4n) is 2.55. The molecule has 2 aromatic rings. The van der Waals surface area contributed by atoms with E-state index >= 15 is 0 Å². The Balaban J connectivity index is 2.52. The van der Waals surface area contributed by atoms with Crippen LogP contribution in [0, 0.1) is 13.8 Å². The maximum Gasteiger partial charge on any atom is 0.137 e. The quantitative estimate of drug-likeness (QED) is 0.845. The molecular weight excluding hydrogens is 246 g/mol. The molecule has 110 valence electrons. The van der Waals surface area contributed by atoms with Gasteiger partial charge < -0.3 is 9.73 Å². The molecule has 0 spiro atoms. The number of hydrogen-bond acceptors (Lipinski definition) is 2. The molecule has 0 unspecified atom stereocenters. The molecule has 0 atom stereocenters. The first kappa shape index (κ1) is 15.1. The van der Waals surface area contributed by atoms with Gasteiger partial charge in [0.2, 0.25) is 0 Å². The molecule has 1 N–H and O–H groups in total. The van der Waals surface area contributed by atoms with E-state index in [9.17, 15) is 0 Å². The topological polar surface area (TPSA) is 25.2 Å². The smallest absolute Gasteiger partial charge is 0.137 e. The lowest BCUT2D eigenvalue weighted by molar-refractivity contribution is 0.394. The minimum absolute atomic E-state index is 0.0985. The van der Waals surface area contributed by atoms with Crippen molar-refractivity contribution < 1.29 is 4.42 Å². The molecule has 0 fully saturated rings. The summed E-state index contributed by atoms with van der Waals surface area (Å²) in [5.41, 5.74) is 5.04. The summed E-state index contributed by atoms with van der Waals surface area (Å²) in [4.78, 5) is 0. The van der Waals surface area contributed by atoms with Crippen molar-refractivity contribution in [1.82, 2.24) is 5.32 Å². The van der Waals surface area contributed by atoms with Crippen molar-refractivity contribution >= 4 is 11.0 Å². The Bertz CT molecular complexity index is 614. The van der Waals surface area contributed by atoms with E-state index in [-0.39, 0.29) is 5.54 Å². The van der Waals surface area contributed by atoms with Crippen molar-refractivity contribution in [2.24, 2.45) is 0 Å². The van der Waals surface area contributed by atoms with Crippen LogP contribution in [0.5, 0.6) is 0 Å². The summed E-state index contributed by atoms with van der Waals surface area (Å²) in [5.74, 6) is 1.57. The largest absolute Gasteiger partial charge is 0.459 e. The second-order valence-electron chi connectivity index (χ2n) is 7.08. The molecule has 0 radical (unpaired) electrons. The molecule has 0 aliphatic carbocycles. The molecule has 0 bridgehead atoms. The summed E-state index contributed by atoms with van der Waals surface area (Å²) in [5, 5.41) is 4.83. The highest BCUT2D eigenvalue weighted by Crippen LogP contribution is 2.34. The molecule has 20 heavy (non-hydrogen) atoms. The van der Waals surface area contributed by atoms with Crippen LogP contribution >= 0.6 is 0 Å². The van der Waals surface area contributed by atoms with Crippen molar-refractivity contribution in [2.45, 2.75) is 66.5 Å². The van der Waals surface area contributed by atoms with Crippen LogP contribution in [0.4, 0.5) is 0 Å². The first-order valence-electron chi connectivity index (χ1n) is 7.47. The van der Waals surface area contributed by atoms with Crippen LogP contribution in [0.15, 0.2) is 16.5 Å². The maximum atomic E-state index is 6.15. The molecule has 2 nitrogen and oxygen atoms in total. The van der Waals surface area contributed by atoms with Gasteiger partial charge in [-0.15, -0.1) is 0 Å². The zero-order valence-corrected chi connectivity index (χ0v) is 13.8. The van der Waals surface area contributed by atoms with Gasteiger partial charge in [0.05, 0.1) is 6.54 Å². The first-order chi connectivity index (χ1) is 9.20. The summed E-state index contributed by atoms with van der Waals surface area (Å²) in [6, 6.07) is 4.41. The SMILES string of the molecule is Cc1ccc(C(C)C)c2c(C)c(CNC(C)(C)C)oc12. The summed E-state index contributed by atoms with van der Waals surface area (Å²) in [7, 11) is 0.